The first-order chi connectivity index (χ1) is 10.2. The Labute approximate surface area is 125 Å². The number of nitrogens with zero attached hydrogens (tertiary/aromatic N) is 2. The Kier molecular flexibility index (Phi) is 5.20. The van der Waals surface area contributed by atoms with E-state index in [9.17, 15) is 9.59 Å². The van der Waals surface area contributed by atoms with E-state index in [1.165, 1.54) is 5.56 Å². The van der Waals surface area contributed by atoms with Crippen molar-refractivity contribution in [2.45, 2.75) is 20.3 Å². The summed E-state index contributed by atoms with van der Waals surface area (Å²) in [6.07, 6.45) is 0.972. The molecule has 1 aromatic carbocycles. The van der Waals surface area contributed by atoms with Gasteiger partial charge in [-0.1, -0.05) is 19.1 Å². The van der Waals surface area contributed by atoms with E-state index >= 15 is 0 Å². The van der Waals surface area contributed by atoms with Crippen molar-refractivity contribution >= 4 is 11.9 Å². The van der Waals surface area contributed by atoms with Crippen molar-refractivity contribution < 1.29 is 9.59 Å². The van der Waals surface area contributed by atoms with Crippen LogP contribution in [0.2, 0.25) is 0 Å². The molecule has 21 heavy (non-hydrogen) atoms. The number of amides is 3. The summed E-state index contributed by atoms with van der Waals surface area (Å²) in [4.78, 5) is 27.7. The largest absolute Gasteiger partial charge is 0.338 e. The molecule has 1 aromatic rings. The van der Waals surface area contributed by atoms with E-state index in [1.54, 1.807) is 4.90 Å². The van der Waals surface area contributed by atoms with Gasteiger partial charge < -0.3 is 15.1 Å². The smallest absolute Gasteiger partial charge is 0.317 e. The summed E-state index contributed by atoms with van der Waals surface area (Å²) in [6, 6.07) is 7.72. The first-order valence-corrected chi connectivity index (χ1v) is 7.56. The maximum atomic E-state index is 12.4. The molecule has 0 spiro atoms. The Morgan fingerprint density at radius 3 is 2.10 bits per heavy atom. The molecule has 0 aromatic heterocycles. The van der Waals surface area contributed by atoms with Crippen LogP contribution in [-0.4, -0.2) is 54.5 Å². The van der Waals surface area contributed by atoms with Gasteiger partial charge in [0.1, 0.15) is 0 Å². The van der Waals surface area contributed by atoms with Crippen LogP contribution in [0.3, 0.4) is 0 Å². The molecule has 5 nitrogen and oxygen atoms in total. The predicted molar refractivity (Wildman–Crippen MR) is 82.4 cm³/mol. The number of urea groups is 1. The summed E-state index contributed by atoms with van der Waals surface area (Å²) < 4.78 is 0. The molecule has 1 heterocycles. The summed E-state index contributed by atoms with van der Waals surface area (Å²) in [6.45, 7) is 6.98. The highest BCUT2D eigenvalue weighted by molar-refractivity contribution is 5.94. The number of nitrogens with one attached hydrogen (secondary N) is 1. The Morgan fingerprint density at radius 2 is 1.57 bits per heavy atom. The van der Waals surface area contributed by atoms with Crippen molar-refractivity contribution in [3.05, 3.63) is 35.4 Å². The second-order valence-electron chi connectivity index (χ2n) is 5.17. The van der Waals surface area contributed by atoms with Crippen molar-refractivity contribution in [3.8, 4) is 0 Å². The van der Waals surface area contributed by atoms with Crippen LogP contribution in [0.15, 0.2) is 24.3 Å². The molecule has 0 atom stereocenters. The van der Waals surface area contributed by atoms with Crippen molar-refractivity contribution in [2.24, 2.45) is 0 Å². The number of carbonyl (C=O) groups is 2. The molecule has 5 heteroatoms. The average Bonchev–Trinajstić information content (AvgIpc) is 2.54. The van der Waals surface area contributed by atoms with Crippen molar-refractivity contribution in [3.63, 3.8) is 0 Å². The van der Waals surface area contributed by atoms with Gasteiger partial charge >= 0.3 is 6.03 Å². The van der Waals surface area contributed by atoms with E-state index in [0.29, 0.717) is 32.7 Å². The fourth-order valence-electron chi connectivity index (χ4n) is 2.44. The van der Waals surface area contributed by atoms with E-state index in [1.807, 2.05) is 36.1 Å². The summed E-state index contributed by atoms with van der Waals surface area (Å²) in [7, 11) is 0. The molecule has 0 unspecified atom stereocenters. The number of piperazine rings is 1. The molecular formula is C16H23N3O2. The molecule has 0 bridgehead atoms. The third kappa shape index (κ3) is 3.74. The Hall–Kier alpha value is -2.04. The molecule has 1 aliphatic heterocycles. The van der Waals surface area contributed by atoms with Gasteiger partial charge in [0.2, 0.25) is 0 Å². The normalized spacial score (nSPS) is 15.0. The molecule has 1 aliphatic rings. The van der Waals surface area contributed by atoms with Crippen molar-refractivity contribution in [1.29, 1.82) is 0 Å². The van der Waals surface area contributed by atoms with Crippen LogP contribution >= 0.6 is 0 Å². The zero-order valence-corrected chi connectivity index (χ0v) is 12.8. The fraction of sp³-hybridized carbons (Fsp3) is 0.500. The molecule has 1 N–H and O–H groups in total. The van der Waals surface area contributed by atoms with Gasteiger partial charge in [-0.05, 0) is 31.0 Å². The molecule has 3 amide bonds. The van der Waals surface area contributed by atoms with E-state index in [0.717, 1.165) is 12.0 Å². The van der Waals surface area contributed by atoms with Crippen LogP contribution in [-0.2, 0) is 6.42 Å². The van der Waals surface area contributed by atoms with Gasteiger partial charge in [0, 0.05) is 38.3 Å². The molecular weight excluding hydrogens is 266 g/mol. The minimum atomic E-state index is -0.0445. The van der Waals surface area contributed by atoms with Crippen LogP contribution in [0.5, 0.6) is 0 Å². The molecule has 0 radical (unpaired) electrons. The van der Waals surface area contributed by atoms with Gasteiger partial charge in [0.15, 0.2) is 0 Å². The molecule has 1 saturated heterocycles. The number of rotatable bonds is 3. The highest BCUT2D eigenvalue weighted by Gasteiger charge is 2.24. The standard InChI is InChI=1S/C16H23N3O2/c1-3-13-5-7-14(8-6-13)15(20)18-9-11-19(12-10-18)16(21)17-4-2/h5-8H,3-4,9-12H2,1-2H3,(H,17,21). The van der Waals surface area contributed by atoms with E-state index < -0.39 is 0 Å². The third-order valence-electron chi connectivity index (χ3n) is 3.79. The van der Waals surface area contributed by atoms with Crippen LogP contribution in [0.25, 0.3) is 0 Å². The minimum Gasteiger partial charge on any atom is -0.338 e. The lowest BCUT2D eigenvalue weighted by atomic mass is 10.1. The zero-order chi connectivity index (χ0) is 15.2. The summed E-state index contributed by atoms with van der Waals surface area (Å²) in [5.41, 5.74) is 1.95. The van der Waals surface area contributed by atoms with Crippen molar-refractivity contribution in [1.82, 2.24) is 15.1 Å². The number of hydrogen-bond donors (Lipinski definition) is 1. The highest BCUT2D eigenvalue weighted by Crippen LogP contribution is 2.11. The van der Waals surface area contributed by atoms with E-state index in [2.05, 4.69) is 12.2 Å². The maximum Gasteiger partial charge on any atom is 0.317 e. The summed E-state index contributed by atoms with van der Waals surface area (Å²) >= 11 is 0. The van der Waals surface area contributed by atoms with Crippen LogP contribution in [0.1, 0.15) is 29.8 Å². The molecule has 1 fully saturated rings. The average molecular weight is 289 g/mol. The first kappa shape index (κ1) is 15.4. The monoisotopic (exact) mass is 289 g/mol. The Bertz CT molecular complexity index is 491. The van der Waals surface area contributed by atoms with Gasteiger partial charge in [-0.3, -0.25) is 4.79 Å². The second kappa shape index (κ2) is 7.11. The molecule has 114 valence electrons. The second-order valence-corrected chi connectivity index (χ2v) is 5.17. The fourth-order valence-corrected chi connectivity index (χ4v) is 2.44. The number of aryl methyl sites for hydroxylation is 1. The minimum absolute atomic E-state index is 0.0445. The number of hydrogen-bond acceptors (Lipinski definition) is 2. The van der Waals surface area contributed by atoms with Crippen molar-refractivity contribution in [2.75, 3.05) is 32.7 Å². The van der Waals surface area contributed by atoms with Crippen LogP contribution in [0, 0.1) is 0 Å². The highest BCUT2D eigenvalue weighted by atomic mass is 16.2. The first-order valence-electron chi connectivity index (χ1n) is 7.56. The Balaban J connectivity index is 1.92. The van der Waals surface area contributed by atoms with E-state index in [-0.39, 0.29) is 11.9 Å². The van der Waals surface area contributed by atoms with E-state index in [4.69, 9.17) is 0 Å². The van der Waals surface area contributed by atoms with Gasteiger partial charge in [-0.25, -0.2) is 4.79 Å². The SMILES string of the molecule is CCNC(=O)N1CCN(C(=O)c2ccc(CC)cc2)CC1. The third-order valence-corrected chi connectivity index (χ3v) is 3.79. The topological polar surface area (TPSA) is 52.7 Å². The van der Waals surface area contributed by atoms with Crippen LogP contribution in [0.4, 0.5) is 4.79 Å². The molecule has 0 saturated carbocycles. The Morgan fingerprint density at radius 1 is 1.00 bits per heavy atom. The quantitative estimate of drug-likeness (QED) is 0.921. The summed E-state index contributed by atoms with van der Waals surface area (Å²) in [5.74, 6) is 0.0493. The van der Waals surface area contributed by atoms with Gasteiger partial charge in [-0.2, -0.15) is 0 Å². The lowest BCUT2D eigenvalue weighted by Crippen LogP contribution is -2.53. The number of carbonyl (C=O) groups excluding carboxylic acids is 2. The summed E-state index contributed by atoms with van der Waals surface area (Å²) in [5, 5.41) is 2.79. The zero-order valence-electron chi connectivity index (χ0n) is 12.8. The molecule has 2 rings (SSSR count). The lowest BCUT2D eigenvalue weighted by Gasteiger charge is -2.34. The van der Waals surface area contributed by atoms with Crippen LogP contribution < -0.4 is 5.32 Å². The van der Waals surface area contributed by atoms with Gasteiger partial charge in [0.25, 0.3) is 5.91 Å². The van der Waals surface area contributed by atoms with Gasteiger partial charge in [0.05, 0.1) is 0 Å². The number of benzene rings is 1. The van der Waals surface area contributed by atoms with Gasteiger partial charge in [-0.15, -0.1) is 0 Å². The predicted octanol–water partition coefficient (Wildman–Crippen LogP) is 1.74. The molecule has 0 aliphatic carbocycles. The maximum absolute atomic E-state index is 12.4. The lowest BCUT2D eigenvalue weighted by molar-refractivity contribution is 0.0665.